The number of aromatic nitrogens is 2. The van der Waals surface area contributed by atoms with Gasteiger partial charge in [0.15, 0.2) is 0 Å². The molecule has 0 atom stereocenters. The molecule has 136 valence electrons. The fourth-order valence-electron chi connectivity index (χ4n) is 2.79. The lowest BCUT2D eigenvalue weighted by Gasteiger charge is -2.32. The zero-order valence-corrected chi connectivity index (χ0v) is 15.1. The molecule has 7 heteroatoms. The van der Waals surface area contributed by atoms with Gasteiger partial charge < -0.3 is 15.1 Å². The van der Waals surface area contributed by atoms with Gasteiger partial charge in [-0.15, -0.1) is 0 Å². The van der Waals surface area contributed by atoms with Crippen molar-refractivity contribution in [2.45, 2.75) is 19.8 Å². The van der Waals surface area contributed by atoms with Crippen LogP contribution in [0, 0.1) is 0 Å². The van der Waals surface area contributed by atoms with Gasteiger partial charge in [0.05, 0.1) is 12.4 Å². The number of carbonyl (C=O) groups is 2. The molecule has 3 rings (SSSR count). The van der Waals surface area contributed by atoms with Gasteiger partial charge in [-0.2, -0.15) is 0 Å². The van der Waals surface area contributed by atoms with E-state index in [1.165, 1.54) is 11.8 Å². The van der Waals surface area contributed by atoms with Crippen molar-refractivity contribution >= 4 is 23.8 Å². The summed E-state index contributed by atoms with van der Waals surface area (Å²) in [7, 11) is 0. The van der Waals surface area contributed by atoms with Gasteiger partial charge in [0.25, 0.3) is 5.91 Å². The molecular formula is C19H23N5O2. The van der Waals surface area contributed by atoms with E-state index in [9.17, 15) is 9.59 Å². The highest BCUT2D eigenvalue weighted by atomic mass is 16.2. The summed E-state index contributed by atoms with van der Waals surface area (Å²) >= 11 is 0. The van der Waals surface area contributed by atoms with E-state index in [1.54, 1.807) is 16.0 Å². The minimum absolute atomic E-state index is 0.157. The Hall–Kier alpha value is -2.96. The third kappa shape index (κ3) is 4.17. The number of nitrogens with one attached hydrogen (secondary N) is 1. The lowest BCUT2D eigenvalue weighted by molar-refractivity contribution is -0.119. The van der Waals surface area contributed by atoms with Crippen LogP contribution >= 0.6 is 0 Å². The lowest BCUT2D eigenvalue weighted by Crippen LogP contribution is -2.48. The Morgan fingerprint density at radius 2 is 1.77 bits per heavy atom. The van der Waals surface area contributed by atoms with E-state index in [2.05, 4.69) is 41.3 Å². The summed E-state index contributed by atoms with van der Waals surface area (Å²) in [6.45, 7) is 6.44. The van der Waals surface area contributed by atoms with Crippen molar-refractivity contribution in [3.8, 4) is 0 Å². The topological polar surface area (TPSA) is 78.4 Å². The average molecular weight is 353 g/mol. The molecule has 2 aromatic rings. The number of anilines is 2. The van der Waals surface area contributed by atoms with Crippen molar-refractivity contribution in [1.29, 1.82) is 0 Å². The Morgan fingerprint density at radius 3 is 2.31 bits per heavy atom. The fraction of sp³-hybridized carbons (Fsp3) is 0.368. The Balaban J connectivity index is 1.61. The molecule has 2 heterocycles. The molecule has 0 bridgehead atoms. The third-order valence-corrected chi connectivity index (χ3v) is 4.47. The quantitative estimate of drug-likeness (QED) is 0.834. The first-order chi connectivity index (χ1) is 12.6. The third-order valence-electron chi connectivity index (χ3n) is 4.47. The summed E-state index contributed by atoms with van der Waals surface area (Å²) in [6.07, 6.45) is 3.86. The summed E-state index contributed by atoms with van der Waals surface area (Å²) in [6, 6.07) is 8.17. The maximum atomic E-state index is 12.5. The lowest BCUT2D eigenvalue weighted by atomic mass is 10.0. The zero-order valence-electron chi connectivity index (χ0n) is 15.1. The van der Waals surface area contributed by atoms with E-state index in [1.807, 2.05) is 12.1 Å². The van der Waals surface area contributed by atoms with Gasteiger partial charge in [0, 0.05) is 31.9 Å². The van der Waals surface area contributed by atoms with Gasteiger partial charge in [-0.25, -0.2) is 9.97 Å². The van der Waals surface area contributed by atoms with Crippen molar-refractivity contribution in [2.24, 2.45) is 0 Å². The second kappa shape index (κ2) is 7.95. The van der Waals surface area contributed by atoms with Gasteiger partial charge in [0.1, 0.15) is 11.5 Å². The number of benzene rings is 1. The molecule has 26 heavy (non-hydrogen) atoms. The Bertz CT molecular complexity index is 751. The Kier molecular flexibility index (Phi) is 5.46. The summed E-state index contributed by atoms with van der Waals surface area (Å²) in [5.41, 5.74) is 2.51. The van der Waals surface area contributed by atoms with Crippen molar-refractivity contribution < 1.29 is 9.59 Å². The zero-order chi connectivity index (χ0) is 18.5. The number of piperazine rings is 1. The van der Waals surface area contributed by atoms with Crippen LogP contribution in [0.1, 0.15) is 35.8 Å². The Labute approximate surface area is 153 Å². The maximum Gasteiger partial charge on any atom is 0.274 e. The highest BCUT2D eigenvalue weighted by Crippen LogP contribution is 2.19. The van der Waals surface area contributed by atoms with E-state index in [4.69, 9.17) is 0 Å². The van der Waals surface area contributed by atoms with E-state index in [0.29, 0.717) is 43.6 Å². The average Bonchev–Trinajstić information content (AvgIpc) is 2.68. The highest BCUT2D eigenvalue weighted by molar-refractivity contribution is 5.92. The first-order valence-electron chi connectivity index (χ1n) is 8.74. The van der Waals surface area contributed by atoms with Crippen LogP contribution in [0.3, 0.4) is 0 Å². The number of hydrogen-bond acceptors (Lipinski definition) is 5. The first kappa shape index (κ1) is 17.8. The number of nitrogens with zero attached hydrogens (tertiary/aromatic N) is 4. The van der Waals surface area contributed by atoms with E-state index in [-0.39, 0.29) is 5.91 Å². The number of rotatable bonds is 5. The van der Waals surface area contributed by atoms with Crippen LogP contribution in [0.15, 0.2) is 36.7 Å². The summed E-state index contributed by atoms with van der Waals surface area (Å²) < 4.78 is 0. The molecule has 0 aliphatic carbocycles. The molecule has 1 aromatic heterocycles. The van der Waals surface area contributed by atoms with Crippen LogP contribution in [0.4, 0.5) is 11.5 Å². The van der Waals surface area contributed by atoms with Crippen LogP contribution in [0.5, 0.6) is 0 Å². The molecule has 2 amide bonds. The molecule has 0 saturated carbocycles. The first-order valence-corrected chi connectivity index (χ1v) is 8.74. The van der Waals surface area contributed by atoms with Gasteiger partial charge >= 0.3 is 0 Å². The maximum absolute atomic E-state index is 12.5. The normalized spacial score (nSPS) is 14.4. The monoisotopic (exact) mass is 353 g/mol. The van der Waals surface area contributed by atoms with Crippen molar-refractivity contribution in [2.75, 3.05) is 31.5 Å². The number of carbonyl (C=O) groups excluding carboxylic acids is 2. The van der Waals surface area contributed by atoms with E-state index < -0.39 is 0 Å². The van der Waals surface area contributed by atoms with Crippen LogP contribution in [-0.2, 0) is 4.79 Å². The van der Waals surface area contributed by atoms with Gasteiger partial charge in [-0.3, -0.25) is 9.59 Å². The highest BCUT2D eigenvalue weighted by Gasteiger charge is 2.22. The molecule has 0 spiro atoms. The minimum atomic E-state index is -0.157. The predicted molar refractivity (Wildman–Crippen MR) is 99.4 cm³/mol. The summed E-state index contributed by atoms with van der Waals surface area (Å²) in [4.78, 5) is 35.1. The van der Waals surface area contributed by atoms with Crippen molar-refractivity contribution in [3.63, 3.8) is 0 Å². The second-order valence-corrected chi connectivity index (χ2v) is 6.62. The van der Waals surface area contributed by atoms with Gasteiger partial charge in [0.2, 0.25) is 6.41 Å². The molecule has 1 aliphatic heterocycles. The number of amides is 2. The van der Waals surface area contributed by atoms with Crippen LogP contribution < -0.4 is 5.32 Å². The standard InChI is InChI=1S/C19H23N5O2/c1-14(2)15-3-5-16(6-4-15)22-18-12-20-17(11-21-18)19(26)24-9-7-23(13-25)8-10-24/h3-6,11-14H,7-10H2,1-2H3,(H,21,22). The SMILES string of the molecule is CC(C)c1ccc(Nc2cnc(C(=O)N3CCN(C=O)CC3)cn2)cc1. The second-order valence-electron chi connectivity index (χ2n) is 6.62. The van der Waals surface area contributed by atoms with Gasteiger partial charge in [-0.1, -0.05) is 26.0 Å². The van der Waals surface area contributed by atoms with Crippen molar-refractivity contribution in [1.82, 2.24) is 19.8 Å². The molecule has 1 fully saturated rings. The molecule has 1 saturated heterocycles. The molecule has 1 aliphatic rings. The smallest absolute Gasteiger partial charge is 0.274 e. The molecular weight excluding hydrogens is 330 g/mol. The largest absolute Gasteiger partial charge is 0.342 e. The molecule has 1 aromatic carbocycles. The summed E-state index contributed by atoms with van der Waals surface area (Å²) in [5.74, 6) is 0.919. The fourth-order valence-corrected chi connectivity index (χ4v) is 2.79. The molecule has 0 radical (unpaired) electrons. The van der Waals surface area contributed by atoms with Gasteiger partial charge in [-0.05, 0) is 23.6 Å². The van der Waals surface area contributed by atoms with Crippen LogP contribution in [-0.4, -0.2) is 58.3 Å². The summed E-state index contributed by atoms with van der Waals surface area (Å²) in [5, 5.41) is 3.19. The Morgan fingerprint density at radius 1 is 1.08 bits per heavy atom. The minimum Gasteiger partial charge on any atom is -0.342 e. The molecule has 1 N–H and O–H groups in total. The van der Waals surface area contributed by atoms with Crippen LogP contribution in [0.2, 0.25) is 0 Å². The van der Waals surface area contributed by atoms with Crippen LogP contribution in [0.25, 0.3) is 0 Å². The molecule has 0 unspecified atom stereocenters. The number of hydrogen-bond donors (Lipinski definition) is 1. The molecule has 7 nitrogen and oxygen atoms in total. The van der Waals surface area contributed by atoms with Crippen molar-refractivity contribution in [3.05, 3.63) is 47.9 Å². The van der Waals surface area contributed by atoms with E-state index >= 15 is 0 Å². The predicted octanol–water partition coefficient (Wildman–Crippen LogP) is 2.26. The van der Waals surface area contributed by atoms with E-state index in [0.717, 1.165) is 12.1 Å².